The van der Waals surface area contributed by atoms with Crippen LogP contribution in [0.2, 0.25) is 0 Å². The van der Waals surface area contributed by atoms with Crippen LogP contribution < -0.4 is 5.32 Å². The predicted octanol–water partition coefficient (Wildman–Crippen LogP) is 4.60. The lowest BCUT2D eigenvalue weighted by Gasteiger charge is -2.14. The molecule has 0 spiro atoms. The van der Waals surface area contributed by atoms with E-state index >= 15 is 0 Å². The van der Waals surface area contributed by atoms with Crippen molar-refractivity contribution >= 4 is 0 Å². The van der Waals surface area contributed by atoms with E-state index in [4.69, 9.17) is 0 Å². The van der Waals surface area contributed by atoms with Crippen LogP contribution in [-0.4, -0.2) is 6.54 Å². The minimum absolute atomic E-state index is 0.317. The summed E-state index contributed by atoms with van der Waals surface area (Å²) in [4.78, 5) is 0. The van der Waals surface area contributed by atoms with Gasteiger partial charge in [-0.05, 0) is 23.1 Å². The van der Waals surface area contributed by atoms with Gasteiger partial charge in [-0.1, -0.05) is 55.5 Å². The van der Waals surface area contributed by atoms with Crippen LogP contribution in [0.1, 0.15) is 29.5 Å². The Balaban J connectivity index is 1.89. The Morgan fingerprint density at radius 1 is 1.00 bits per heavy atom. The van der Waals surface area contributed by atoms with Gasteiger partial charge < -0.3 is 5.32 Å². The third kappa shape index (κ3) is 4.60. The Hall–Kier alpha value is -1.81. The van der Waals surface area contributed by atoms with Crippen molar-refractivity contribution in [1.29, 1.82) is 0 Å². The van der Waals surface area contributed by atoms with Gasteiger partial charge >= 0.3 is 6.18 Å². The first-order valence-electron chi connectivity index (χ1n) is 6.88. The van der Waals surface area contributed by atoms with Gasteiger partial charge in [0.2, 0.25) is 0 Å². The molecule has 0 heterocycles. The molecule has 0 amide bonds. The smallest absolute Gasteiger partial charge is 0.312 e. The lowest BCUT2D eigenvalue weighted by molar-refractivity contribution is -0.137. The average molecular weight is 293 g/mol. The molecule has 0 aliphatic heterocycles. The second-order valence-corrected chi connectivity index (χ2v) is 5.14. The van der Waals surface area contributed by atoms with Gasteiger partial charge in [0, 0.05) is 13.1 Å². The molecule has 0 bridgehead atoms. The average Bonchev–Trinajstić information content (AvgIpc) is 2.47. The van der Waals surface area contributed by atoms with Crippen LogP contribution in [0.5, 0.6) is 0 Å². The van der Waals surface area contributed by atoms with E-state index in [1.807, 2.05) is 18.2 Å². The van der Waals surface area contributed by atoms with Crippen molar-refractivity contribution in [2.24, 2.45) is 0 Å². The van der Waals surface area contributed by atoms with Crippen LogP contribution >= 0.6 is 0 Å². The maximum Gasteiger partial charge on any atom is 0.416 e. The summed E-state index contributed by atoms with van der Waals surface area (Å²) in [5.74, 6) is 0.317. The Bertz CT molecular complexity index is 564. The molecular formula is C17H18F3N. The van der Waals surface area contributed by atoms with Gasteiger partial charge in [-0.25, -0.2) is 0 Å². The number of alkyl halides is 3. The zero-order valence-electron chi connectivity index (χ0n) is 11.8. The molecule has 0 aliphatic rings. The number of rotatable bonds is 5. The highest BCUT2D eigenvalue weighted by Crippen LogP contribution is 2.29. The molecule has 0 saturated carbocycles. The topological polar surface area (TPSA) is 12.0 Å². The third-order valence-corrected chi connectivity index (χ3v) is 3.40. The first-order valence-corrected chi connectivity index (χ1v) is 6.88. The van der Waals surface area contributed by atoms with Gasteiger partial charge in [0.15, 0.2) is 0 Å². The molecule has 0 fully saturated rings. The highest BCUT2D eigenvalue weighted by molar-refractivity contribution is 5.25. The zero-order chi connectivity index (χ0) is 15.3. The second-order valence-electron chi connectivity index (χ2n) is 5.14. The fraction of sp³-hybridized carbons (Fsp3) is 0.294. The third-order valence-electron chi connectivity index (χ3n) is 3.40. The summed E-state index contributed by atoms with van der Waals surface area (Å²) in [6.45, 7) is 3.25. The number of hydrogen-bond donors (Lipinski definition) is 1. The summed E-state index contributed by atoms with van der Waals surface area (Å²) in [5.41, 5.74) is 1.26. The van der Waals surface area contributed by atoms with E-state index in [-0.39, 0.29) is 0 Å². The normalized spacial score (nSPS) is 13.1. The lowest BCUT2D eigenvalue weighted by atomic mass is 10.0. The number of nitrogens with one attached hydrogen (secondary N) is 1. The molecule has 0 aromatic heterocycles. The van der Waals surface area contributed by atoms with Gasteiger partial charge in [-0.15, -0.1) is 0 Å². The highest BCUT2D eigenvalue weighted by Gasteiger charge is 2.30. The Morgan fingerprint density at radius 2 is 1.71 bits per heavy atom. The lowest BCUT2D eigenvalue weighted by Crippen LogP contribution is -2.20. The summed E-state index contributed by atoms with van der Waals surface area (Å²) in [6.07, 6.45) is -4.28. The number of halogens is 3. The highest BCUT2D eigenvalue weighted by atomic mass is 19.4. The molecule has 1 unspecified atom stereocenters. The van der Waals surface area contributed by atoms with Crippen molar-refractivity contribution in [3.05, 3.63) is 71.3 Å². The van der Waals surface area contributed by atoms with Gasteiger partial charge in [0.25, 0.3) is 0 Å². The molecule has 0 radical (unpaired) electrons. The van der Waals surface area contributed by atoms with E-state index in [1.54, 1.807) is 6.07 Å². The summed E-state index contributed by atoms with van der Waals surface area (Å²) in [7, 11) is 0. The SMILES string of the molecule is CC(CNCc1cccc(C(F)(F)F)c1)c1ccccc1. The van der Waals surface area contributed by atoms with Crippen LogP contribution in [0.3, 0.4) is 0 Å². The molecule has 0 saturated heterocycles. The van der Waals surface area contributed by atoms with Crippen molar-refractivity contribution in [1.82, 2.24) is 5.32 Å². The maximum absolute atomic E-state index is 12.6. The van der Waals surface area contributed by atoms with Crippen molar-refractivity contribution < 1.29 is 13.2 Å². The van der Waals surface area contributed by atoms with E-state index in [9.17, 15) is 13.2 Å². The van der Waals surface area contributed by atoms with Crippen molar-refractivity contribution in [2.75, 3.05) is 6.54 Å². The van der Waals surface area contributed by atoms with Crippen LogP contribution in [-0.2, 0) is 12.7 Å². The molecule has 0 aliphatic carbocycles. The molecule has 1 N–H and O–H groups in total. The van der Waals surface area contributed by atoms with Crippen LogP contribution in [0.25, 0.3) is 0 Å². The number of hydrogen-bond acceptors (Lipinski definition) is 1. The van der Waals surface area contributed by atoms with Crippen molar-refractivity contribution in [3.8, 4) is 0 Å². The van der Waals surface area contributed by atoms with Crippen molar-refractivity contribution in [3.63, 3.8) is 0 Å². The summed E-state index contributed by atoms with van der Waals surface area (Å²) >= 11 is 0. The molecule has 2 aromatic carbocycles. The van der Waals surface area contributed by atoms with Crippen LogP contribution in [0.15, 0.2) is 54.6 Å². The van der Waals surface area contributed by atoms with Gasteiger partial charge in [-0.2, -0.15) is 13.2 Å². The molecule has 21 heavy (non-hydrogen) atoms. The van der Waals surface area contributed by atoms with Gasteiger partial charge in [0.1, 0.15) is 0 Å². The van der Waals surface area contributed by atoms with E-state index in [0.29, 0.717) is 18.0 Å². The number of benzene rings is 2. The summed E-state index contributed by atoms with van der Waals surface area (Å²) in [5, 5.41) is 3.21. The zero-order valence-corrected chi connectivity index (χ0v) is 11.8. The van der Waals surface area contributed by atoms with E-state index in [1.165, 1.54) is 17.7 Å². The minimum Gasteiger partial charge on any atom is -0.312 e. The molecule has 112 valence electrons. The standard InChI is InChI=1S/C17H18F3N/c1-13(15-7-3-2-4-8-15)11-21-12-14-6-5-9-16(10-14)17(18,19)20/h2-10,13,21H,11-12H2,1H3. The first-order chi connectivity index (χ1) is 9.97. The van der Waals surface area contributed by atoms with Gasteiger partial charge in [0.05, 0.1) is 5.56 Å². The van der Waals surface area contributed by atoms with Crippen molar-refractivity contribution in [2.45, 2.75) is 25.6 Å². The molecule has 1 nitrogen and oxygen atoms in total. The molecule has 1 atom stereocenters. The monoisotopic (exact) mass is 293 g/mol. The molecule has 4 heteroatoms. The Labute approximate surface area is 122 Å². The maximum atomic E-state index is 12.6. The quantitative estimate of drug-likeness (QED) is 0.849. The van der Waals surface area contributed by atoms with Gasteiger partial charge in [-0.3, -0.25) is 0 Å². The van der Waals surface area contributed by atoms with Crippen LogP contribution in [0, 0.1) is 0 Å². The molecular weight excluding hydrogens is 275 g/mol. The molecule has 2 rings (SSSR count). The minimum atomic E-state index is -4.28. The summed E-state index contributed by atoms with van der Waals surface area (Å²) in [6, 6.07) is 15.5. The Kier molecular flexibility index (Phi) is 5.02. The summed E-state index contributed by atoms with van der Waals surface area (Å²) < 4.78 is 37.9. The Morgan fingerprint density at radius 3 is 2.38 bits per heavy atom. The van der Waals surface area contributed by atoms with E-state index in [2.05, 4.69) is 24.4 Å². The first kappa shape index (κ1) is 15.6. The fourth-order valence-corrected chi connectivity index (χ4v) is 2.19. The second kappa shape index (κ2) is 6.76. The molecule has 2 aromatic rings. The van der Waals surface area contributed by atoms with Crippen LogP contribution in [0.4, 0.5) is 13.2 Å². The van der Waals surface area contributed by atoms with E-state index in [0.717, 1.165) is 12.6 Å². The van der Waals surface area contributed by atoms with E-state index < -0.39 is 11.7 Å². The fourth-order valence-electron chi connectivity index (χ4n) is 2.19. The predicted molar refractivity (Wildman–Crippen MR) is 78.0 cm³/mol. The largest absolute Gasteiger partial charge is 0.416 e.